The van der Waals surface area contributed by atoms with Gasteiger partial charge in [0.15, 0.2) is 0 Å². The molecule has 0 aliphatic heterocycles. The first kappa shape index (κ1) is 15.9. The van der Waals surface area contributed by atoms with Gasteiger partial charge in [0.2, 0.25) is 0 Å². The van der Waals surface area contributed by atoms with Crippen LogP contribution in [0.15, 0.2) is 24.3 Å². The van der Waals surface area contributed by atoms with Gasteiger partial charge in [0.25, 0.3) is 0 Å². The first-order chi connectivity index (χ1) is 9.85. The van der Waals surface area contributed by atoms with Gasteiger partial charge in [-0.2, -0.15) is 11.8 Å². The Morgan fingerprint density at radius 2 is 2.20 bits per heavy atom. The second-order valence-electron chi connectivity index (χ2n) is 5.96. The summed E-state index contributed by atoms with van der Waals surface area (Å²) in [6.45, 7) is 3.42. The van der Waals surface area contributed by atoms with Gasteiger partial charge >= 0.3 is 0 Å². The van der Waals surface area contributed by atoms with E-state index in [1.165, 1.54) is 44.3 Å². The minimum absolute atomic E-state index is 0.693. The van der Waals surface area contributed by atoms with Gasteiger partial charge in [-0.05, 0) is 74.1 Å². The summed E-state index contributed by atoms with van der Waals surface area (Å²) in [7, 11) is 0. The van der Waals surface area contributed by atoms with Crippen molar-refractivity contribution < 1.29 is 0 Å². The van der Waals surface area contributed by atoms with E-state index in [-0.39, 0.29) is 0 Å². The van der Waals surface area contributed by atoms with Crippen LogP contribution in [-0.2, 0) is 6.42 Å². The lowest BCUT2D eigenvalue weighted by atomic mass is 9.79. The average Bonchev–Trinajstić information content (AvgIpc) is 2.50. The maximum Gasteiger partial charge on any atom is 0.00807 e. The lowest BCUT2D eigenvalue weighted by molar-refractivity contribution is 0.404. The Balaban J connectivity index is 1.99. The molecule has 1 nitrogen and oxygen atoms in total. The number of hydrogen-bond acceptors (Lipinski definition) is 2. The third kappa shape index (κ3) is 4.53. The molecule has 1 aromatic rings. The highest BCUT2D eigenvalue weighted by Crippen LogP contribution is 2.35. The predicted molar refractivity (Wildman–Crippen MR) is 91.8 cm³/mol. The summed E-state index contributed by atoms with van der Waals surface area (Å²) in [5, 5.41) is 3.77. The van der Waals surface area contributed by atoms with E-state index < -0.39 is 0 Å². The minimum atomic E-state index is 0.693. The summed E-state index contributed by atoms with van der Waals surface area (Å²) in [6, 6.07) is 9.80. The van der Waals surface area contributed by atoms with Crippen molar-refractivity contribution in [3.8, 4) is 0 Å². The van der Waals surface area contributed by atoms with Crippen LogP contribution in [0.4, 0.5) is 0 Å². The molecule has 2 heteroatoms. The van der Waals surface area contributed by atoms with Gasteiger partial charge < -0.3 is 5.32 Å². The highest BCUT2D eigenvalue weighted by atomic mass is 32.2. The molecular weight excluding hydrogens is 262 g/mol. The molecular formula is C18H29NS. The summed E-state index contributed by atoms with van der Waals surface area (Å²) in [5.74, 6) is 2.05. The SMILES string of the molecule is CCCNC(CCSC)CC1CCCc2ccccc21. The van der Waals surface area contributed by atoms with Crippen molar-refractivity contribution in [3.63, 3.8) is 0 Å². The van der Waals surface area contributed by atoms with Crippen LogP contribution in [0.1, 0.15) is 56.1 Å². The molecule has 0 saturated heterocycles. The van der Waals surface area contributed by atoms with E-state index in [9.17, 15) is 0 Å². The van der Waals surface area contributed by atoms with Crippen LogP contribution in [0.2, 0.25) is 0 Å². The van der Waals surface area contributed by atoms with Gasteiger partial charge in [-0.3, -0.25) is 0 Å². The van der Waals surface area contributed by atoms with E-state index in [2.05, 4.69) is 42.8 Å². The summed E-state index contributed by atoms with van der Waals surface area (Å²) in [4.78, 5) is 0. The summed E-state index contributed by atoms with van der Waals surface area (Å²) in [5.41, 5.74) is 3.23. The highest BCUT2D eigenvalue weighted by Gasteiger charge is 2.22. The fraction of sp³-hybridized carbons (Fsp3) is 0.667. The number of thioether (sulfide) groups is 1. The monoisotopic (exact) mass is 291 g/mol. The third-order valence-corrected chi connectivity index (χ3v) is 5.06. The zero-order valence-corrected chi connectivity index (χ0v) is 13.8. The fourth-order valence-corrected chi connectivity index (χ4v) is 3.87. The molecule has 1 aromatic carbocycles. The van der Waals surface area contributed by atoms with E-state index in [1.807, 2.05) is 11.8 Å². The lowest BCUT2D eigenvalue weighted by Gasteiger charge is -2.29. The second-order valence-corrected chi connectivity index (χ2v) is 6.94. The number of nitrogens with one attached hydrogen (secondary N) is 1. The first-order valence-corrected chi connectivity index (χ1v) is 9.54. The van der Waals surface area contributed by atoms with Crippen LogP contribution in [0.3, 0.4) is 0 Å². The van der Waals surface area contributed by atoms with Crippen molar-refractivity contribution in [2.24, 2.45) is 0 Å². The number of rotatable bonds is 8. The second kappa shape index (κ2) is 8.74. The zero-order chi connectivity index (χ0) is 14.2. The molecule has 0 saturated carbocycles. The van der Waals surface area contributed by atoms with Crippen LogP contribution >= 0.6 is 11.8 Å². The van der Waals surface area contributed by atoms with E-state index in [0.29, 0.717) is 6.04 Å². The Bertz CT molecular complexity index is 383. The Morgan fingerprint density at radius 3 is 3.00 bits per heavy atom. The third-order valence-electron chi connectivity index (χ3n) is 4.42. The van der Waals surface area contributed by atoms with Crippen molar-refractivity contribution >= 4 is 11.8 Å². The van der Waals surface area contributed by atoms with E-state index in [4.69, 9.17) is 0 Å². The molecule has 0 amide bonds. The van der Waals surface area contributed by atoms with E-state index >= 15 is 0 Å². The first-order valence-electron chi connectivity index (χ1n) is 8.15. The fourth-order valence-electron chi connectivity index (χ4n) is 3.35. The van der Waals surface area contributed by atoms with Gasteiger partial charge in [-0.25, -0.2) is 0 Å². The van der Waals surface area contributed by atoms with Gasteiger partial charge in [-0.15, -0.1) is 0 Å². The number of hydrogen-bond donors (Lipinski definition) is 1. The van der Waals surface area contributed by atoms with Gasteiger partial charge in [0, 0.05) is 6.04 Å². The predicted octanol–water partition coefficient (Wildman–Crippen LogP) is 4.62. The molecule has 0 radical (unpaired) electrons. The number of benzene rings is 1. The Kier molecular flexibility index (Phi) is 6.95. The summed E-state index contributed by atoms with van der Waals surface area (Å²) < 4.78 is 0. The van der Waals surface area contributed by atoms with Crippen LogP contribution in [-0.4, -0.2) is 24.6 Å². The summed E-state index contributed by atoms with van der Waals surface area (Å²) >= 11 is 1.97. The molecule has 2 unspecified atom stereocenters. The molecule has 20 heavy (non-hydrogen) atoms. The van der Waals surface area contributed by atoms with Gasteiger partial charge in [0.05, 0.1) is 0 Å². The molecule has 2 atom stereocenters. The Labute approximate surface area is 128 Å². The molecule has 1 aliphatic carbocycles. The molecule has 112 valence electrons. The maximum atomic E-state index is 3.77. The number of aryl methyl sites for hydroxylation is 1. The van der Waals surface area contributed by atoms with Crippen LogP contribution in [0.25, 0.3) is 0 Å². The van der Waals surface area contributed by atoms with Crippen molar-refractivity contribution in [2.75, 3.05) is 18.6 Å². The van der Waals surface area contributed by atoms with Crippen molar-refractivity contribution in [3.05, 3.63) is 35.4 Å². The smallest absolute Gasteiger partial charge is 0.00807 e. The Morgan fingerprint density at radius 1 is 1.35 bits per heavy atom. The molecule has 0 fully saturated rings. The molecule has 2 rings (SSSR count). The maximum absolute atomic E-state index is 3.77. The molecule has 0 aromatic heterocycles. The van der Waals surface area contributed by atoms with Crippen molar-refractivity contribution in [1.29, 1.82) is 0 Å². The van der Waals surface area contributed by atoms with Crippen molar-refractivity contribution in [1.82, 2.24) is 5.32 Å². The lowest BCUT2D eigenvalue weighted by Crippen LogP contribution is -2.32. The molecule has 0 heterocycles. The van der Waals surface area contributed by atoms with Gasteiger partial charge in [0.1, 0.15) is 0 Å². The van der Waals surface area contributed by atoms with Crippen LogP contribution in [0.5, 0.6) is 0 Å². The largest absolute Gasteiger partial charge is 0.314 e. The normalized spacial score (nSPS) is 19.6. The number of fused-ring (bicyclic) bond motifs is 1. The quantitative estimate of drug-likeness (QED) is 0.750. The van der Waals surface area contributed by atoms with Crippen molar-refractivity contribution in [2.45, 2.75) is 57.4 Å². The van der Waals surface area contributed by atoms with Crippen LogP contribution < -0.4 is 5.32 Å². The molecule has 1 N–H and O–H groups in total. The molecule has 1 aliphatic rings. The van der Waals surface area contributed by atoms with Crippen LogP contribution in [0, 0.1) is 0 Å². The standard InChI is InChI=1S/C18H29NS/c1-3-12-19-17(11-13-20-2)14-16-9-6-8-15-7-4-5-10-18(15)16/h4-5,7,10,16-17,19H,3,6,8-9,11-14H2,1-2H3. The zero-order valence-electron chi connectivity index (χ0n) is 13.0. The van der Waals surface area contributed by atoms with E-state index in [1.54, 1.807) is 11.1 Å². The average molecular weight is 292 g/mol. The highest BCUT2D eigenvalue weighted by molar-refractivity contribution is 7.98. The summed E-state index contributed by atoms with van der Waals surface area (Å²) in [6.07, 6.45) is 10.1. The van der Waals surface area contributed by atoms with E-state index in [0.717, 1.165) is 12.5 Å². The molecule has 0 bridgehead atoms. The topological polar surface area (TPSA) is 12.0 Å². The molecule has 0 spiro atoms. The van der Waals surface area contributed by atoms with Gasteiger partial charge in [-0.1, -0.05) is 31.2 Å². The Hall–Kier alpha value is -0.470. The minimum Gasteiger partial charge on any atom is -0.314 e.